The Bertz CT molecular complexity index is 1380. The van der Waals surface area contributed by atoms with Crippen LogP contribution in [0.2, 0.25) is 0 Å². The van der Waals surface area contributed by atoms with E-state index in [0.717, 1.165) is 0 Å². The molecule has 0 radical (unpaired) electrons. The molecule has 0 aliphatic carbocycles. The first kappa shape index (κ1) is 53.3. The van der Waals surface area contributed by atoms with Crippen LogP contribution in [0.25, 0.3) is 0 Å². The van der Waals surface area contributed by atoms with Crippen molar-refractivity contribution in [2.75, 3.05) is 0 Å². The minimum Gasteiger partial charge on any atom is -0.240 e. The number of carbonyl (C=O) groups excluding carboxylic acids is 2. The summed E-state index contributed by atoms with van der Waals surface area (Å²) in [5.74, 6) is -136. The summed E-state index contributed by atoms with van der Waals surface area (Å²) in [4.78, 5) is 25.2. The molecule has 0 rings (SSSR count). The standard InChI is InChI=1S/C18Cl2F32O4/c19-17(49,50)15(45,46)13(41,42)11(37,38)9(33,34)7(29,30)5(25,26)3(21,22)1(53)55-56-2(54)4(23,24)6(27,28)8(31,32)10(35,36)12(39,40)14(43,44)16(47,48)18(20,51)52. The number of alkyl halides is 34. The van der Waals surface area contributed by atoms with Crippen molar-refractivity contribution in [3.63, 3.8) is 0 Å². The molecule has 0 heterocycles. The van der Waals surface area contributed by atoms with E-state index in [4.69, 9.17) is 0 Å². The van der Waals surface area contributed by atoms with Gasteiger partial charge >= 0.3 is 106 Å². The maximum Gasteiger partial charge on any atom is 0.431 e. The number of carbonyl (C=O) groups is 2. The largest absolute Gasteiger partial charge is 0.431 e. The Morgan fingerprint density at radius 3 is 0.518 bits per heavy atom. The first-order valence-corrected chi connectivity index (χ1v) is 12.2. The summed E-state index contributed by atoms with van der Waals surface area (Å²) in [6, 6.07) is 0. The fourth-order valence-electron chi connectivity index (χ4n) is 2.76. The zero-order valence-electron chi connectivity index (χ0n) is 23.5. The molecule has 0 bridgehead atoms. The van der Waals surface area contributed by atoms with Gasteiger partial charge in [0.05, 0.1) is 0 Å². The predicted octanol–water partition coefficient (Wildman–Crippen LogP) is 10.5. The topological polar surface area (TPSA) is 52.6 Å². The second-order valence-electron chi connectivity index (χ2n) is 9.78. The molecule has 4 nitrogen and oxygen atoms in total. The first-order valence-electron chi connectivity index (χ1n) is 11.4. The Morgan fingerprint density at radius 2 is 0.375 bits per heavy atom. The summed E-state index contributed by atoms with van der Waals surface area (Å²) >= 11 is 6.44. The van der Waals surface area contributed by atoms with Gasteiger partial charge in [0.25, 0.3) is 0 Å². The summed E-state index contributed by atoms with van der Waals surface area (Å²) < 4.78 is 428. The molecule has 0 saturated heterocycles. The molecule has 38 heteroatoms. The SMILES string of the molecule is O=C(OOC(=O)C(F)(F)C(F)(F)C(F)(F)C(F)(F)C(F)(F)C(F)(F)C(F)(F)C(F)(F)Cl)C(F)(F)C(F)(F)C(F)(F)C(F)(F)C(F)(F)C(F)(F)C(F)(F)C(F)(F)Cl. The van der Waals surface area contributed by atoms with Crippen molar-refractivity contribution >= 4 is 35.1 Å². The Balaban J connectivity index is 6.91. The third-order valence-corrected chi connectivity index (χ3v) is 6.62. The lowest BCUT2D eigenvalue weighted by molar-refractivity contribution is -0.449. The van der Waals surface area contributed by atoms with Crippen LogP contribution in [0, 0.1) is 0 Å². The van der Waals surface area contributed by atoms with E-state index in [1.54, 1.807) is 9.78 Å². The molecule has 0 amide bonds. The van der Waals surface area contributed by atoms with Crippen LogP contribution in [-0.4, -0.2) is 106 Å². The zero-order chi connectivity index (χ0) is 46.6. The molecule has 0 fully saturated rings. The van der Waals surface area contributed by atoms with E-state index >= 15 is 0 Å². The lowest BCUT2D eigenvalue weighted by Gasteiger charge is -2.42. The molecule has 0 aromatic rings. The van der Waals surface area contributed by atoms with Crippen LogP contribution < -0.4 is 0 Å². The first-order chi connectivity index (χ1) is 23.5. The maximum atomic E-state index is 13.7. The number of hydrogen-bond acceptors (Lipinski definition) is 4. The van der Waals surface area contributed by atoms with Crippen molar-refractivity contribution in [3.8, 4) is 0 Å². The predicted molar refractivity (Wildman–Crippen MR) is 103 cm³/mol. The fourth-order valence-corrected chi connectivity index (χ4v) is 3.00. The third kappa shape index (κ3) is 6.59. The minimum atomic E-state index is -9.37. The van der Waals surface area contributed by atoms with Gasteiger partial charge in [-0.1, -0.05) is 0 Å². The summed E-state index contributed by atoms with van der Waals surface area (Å²) in [7, 11) is 0. The van der Waals surface area contributed by atoms with Gasteiger partial charge in [-0.05, 0) is 23.2 Å². The Hall–Kier alpha value is -2.72. The molecule has 0 unspecified atom stereocenters. The smallest absolute Gasteiger partial charge is 0.240 e. The Morgan fingerprint density at radius 1 is 0.250 bits per heavy atom. The van der Waals surface area contributed by atoms with Gasteiger partial charge in [-0.25, -0.2) is 19.4 Å². The van der Waals surface area contributed by atoms with Crippen LogP contribution in [0.15, 0.2) is 0 Å². The average molecular weight is 959 g/mol. The molecule has 0 aliphatic heterocycles. The van der Waals surface area contributed by atoms with Crippen molar-refractivity contribution in [3.05, 3.63) is 0 Å². The van der Waals surface area contributed by atoms with Crippen molar-refractivity contribution in [2.45, 2.75) is 93.7 Å². The number of rotatable bonds is 16. The van der Waals surface area contributed by atoms with Crippen LogP contribution in [0.5, 0.6) is 0 Å². The average Bonchev–Trinajstić information content (AvgIpc) is 2.96. The third-order valence-electron chi connectivity index (χ3n) is 6.15. The molecule has 0 N–H and O–H groups in total. The molecule has 0 atom stereocenters. The van der Waals surface area contributed by atoms with E-state index in [0.29, 0.717) is 0 Å². The minimum absolute atomic E-state index is 1.62. The normalized spacial score (nSPS) is 16.5. The highest BCUT2D eigenvalue weighted by Gasteiger charge is 2.97. The lowest BCUT2D eigenvalue weighted by atomic mass is 9.89. The van der Waals surface area contributed by atoms with Crippen LogP contribution in [-0.2, 0) is 19.4 Å². The monoisotopic (exact) mass is 958 g/mol. The van der Waals surface area contributed by atoms with Crippen LogP contribution in [0.4, 0.5) is 140 Å². The Labute approximate surface area is 289 Å². The van der Waals surface area contributed by atoms with Gasteiger partial charge in [-0.15, -0.1) is 0 Å². The highest BCUT2D eigenvalue weighted by Crippen LogP contribution is 2.66. The van der Waals surface area contributed by atoms with Crippen LogP contribution >= 0.6 is 23.2 Å². The van der Waals surface area contributed by atoms with Gasteiger partial charge in [0.1, 0.15) is 0 Å². The maximum absolute atomic E-state index is 13.7. The molecule has 334 valence electrons. The molecule has 0 aliphatic rings. The van der Waals surface area contributed by atoms with Gasteiger partial charge < -0.3 is 0 Å². The van der Waals surface area contributed by atoms with E-state index < -0.39 is 106 Å². The Kier molecular flexibility index (Phi) is 12.8. The molecular weight excluding hydrogens is 959 g/mol. The molecule has 0 aromatic heterocycles. The summed E-state index contributed by atoms with van der Waals surface area (Å²) in [5.41, 5.74) is 0. The highest BCUT2D eigenvalue weighted by molar-refractivity contribution is 6.22. The van der Waals surface area contributed by atoms with Crippen molar-refractivity contribution in [1.82, 2.24) is 0 Å². The van der Waals surface area contributed by atoms with E-state index in [1.165, 1.54) is 0 Å². The van der Waals surface area contributed by atoms with E-state index in [1.807, 2.05) is 0 Å². The molecule has 0 saturated carbocycles. The second kappa shape index (κ2) is 13.4. The molecule has 56 heavy (non-hydrogen) atoms. The fraction of sp³-hybridized carbons (Fsp3) is 0.889. The van der Waals surface area contributed by atoms with Crippen LogP contribution in [0.3, 0.4) is 0 Å². The molecule has 0 aromatic carbocycles. The molecule has 0 spiro atoms. The zero-order valence-corrected chi connectivity index (χ0v) is 25.0. The van der Waals surface area contributed by atoms with Crippen LogP contribution in [0.1, 0.15) is 0 Å². The van der Waals surface area contributed by atoms with Gasteiger partial charge in [-0.3, -0.25) is 0 Å². The van der Waals surface area contributed by atoms with E-state index in [-0.39, 0.29) is 0 Å². The van der Waals surface area contributed by atoms with Gasteiger partial charge in [0, 0.05) is 0 Å². The summed E-state index contributed by atoms with van der Waals surface area (Å²) in [6.07, 6.45) is 0. The lowest BCUT2D eigenvalue weighted by Crippen LogP contribution is -2.75. The number of halogens is 34. The van der Waals surface area contributed by atoms with Gasteiger partial charge in [-0.2, -0.15) is 140 Å². The van der Waals surface area contributed by atoms with Crippen molar-refractivity contribution < 1.29 is 160 Å². The van der Waals surface area contributed by atoms with Crippen molar-refractivity contribution in [2.24, 2.45) is 0 Å². The van der Waals surface area contributed by atoms with Gasteiger partial charge in [0.2, 0.25) is 0 Å². The van der Waals surface area contributed by atoms with Gasteiger partial charge in [0.15, 0.2) is 0 Å². The quantitative estimate of drug-likeness (QED) is 0.0670. The summed E-state index contributed by atoms with van der Waals surface area (Å²) in [5, 5.41) is -14.5. The summed E-state index contributed by atoms with van der Waals surface area (Å²) in [6.45, 7) is 0. The number of hydrogen-bond donors (Lipinski definition) is 0. The van der Waals surface area contributed by atoms with E-state index in [2.05, 4.69) is 23.2 Å². The van der Waals surface area contributed by atoms with Crippen molar-refractivity contribution in [1.29, 1.82) is 0 Å². The van der Waals surface area contributed by atoms with E-state index in [9.17, 15) is 150 Å². The second-order valence-corrected chi connectivity index (χ2v) is 10.7. The molecular formula is C18Cl2F32O4. The highest BCUT2D eigenvalue weighted by atomic mass is 35.5.